The molecule has 0 saturated heterocycles. The summed E-state index contributed by atoms with van der Waals surface area (Å²) in [5.74, 6) is 0.0944. The maximum absolute atomic E-state index is 12.7. The van der Waals surface area contributed by atoms with Gasteiger partial charge < -0.3 is 14.2 Å². The van der Waals surface area contributed by atoms with Crippen molar-refractivity contribution in [1.82, 2.24) is 0 Å². The molecule has 0 amide bonds. The zero-order valence-electron chi connectivity index (χ0n) is 19.2. The normalized spacial score (nSPS) is 10.2. The molecule has 0 saturated carbocycles. The van der Waals surface area contributed by atoms with Crippen molar-refractivity contribution in [2.45, 2.75) is 11.8 Å². The molecule has 0 unspecified atom stereocenters. The number of ether oxygens (including phenoxy) is 3. The lowest BCUT2D eigenvalue weighted by Gasteiger charge is -2.08. The van der Waals surface area contributed by atoms with Crippen molar-refractivity contribution in [1.29, 1.82) is 0 Å². The lowest BCUT2D eigenvalue weighted by molar-refractivity contribution is -0.138. The molecule has 3 rings (SSSR count). The zero-order valence-corrected chi connectivity index (χ0v) is 20.0. The van der Waals surface area contributed by atoms with E-state index in [1.54, 1.807) is 55.5 Å². The average molecular weight is 489 g/mol. The predicted molar refractivity (Wildman–Crippen MR) is 136 cm³/mol. The van der Waals surface area contributed by atoms with Crippen LogP contribution in [-0.4, -0.2) is 30.3 Å². The van der Waals surface area contributed by atoms with Crippen molar-refractivity contribution >= 4 is 28.8 Å². The first-order valence-corrected chi connectivity index (χ1v) is 11.5. The highest BCUT2D eigenvalue weighted by Crippen LogP contribution is 2.27. The van der Waals surface area contributed by atoms with Gasteiger partial charge in [0.2, 0.25) is 5.12 Å². The van der Waals surface area contributed by atoms with Crippen LogP contribution in [0.15, 0.2) is 102 Å². The number of benzene rings is 3. The van der Waals surface area contributed by atoms with Crippen LogP contribution in [0.2, 0.25) is 0 Å². The molecule has 178 valence electrons. The molecule has 0 aliphatic carbocycles. The fourth-order valence-corrected chi connectivity index (χ4v) is 3.58. The average Bonchev–Trinajstić information content (AvgIpc) is 2.87. The van der Waals surface area contributed by atoms with Gasteiger partial charge in [0.1, 0.15) is 24.7 Å². The van der Waals surface area contributed by atoms with E-state index in [9.17, 15) is 14.4 Å². The van der Waals surface area contributed by atoms with Crippen molar-refractivity contribution in [3.8, 4) is 22.6 Å². The number of carbonyl (C=O) groups excluding carboxylic acids is 3. The minimum atomic E-state index is -0.494. The van der Waals surface area contributed by atoms with Gasteiger partial charge in [-0.2, -0.15) is 0 Å². The summed E-state index contributed by atoms with van der Waals surface area (Å²) in [5, 5.41) is -0.0800. The van der Waals surface area contributed by atoms with E-state index in [1.165, 1.54) is 0 Å². The second kappa shape index (κ2) is 12.4. The highest BCUT2D eigenvalue weighted by molar-refractivity contribution is 8.14. The smallest absolute Gasteiger partial charge is 0.338 e. The van der Waals surface area contributed by atoms with Crippen molar-refractivity contribution in [3.05, 3.63) is 103 Å². The third kappa shape index (κ3) is 7.72. The predicted octanol–water partition coefficient (Wildman–Crippen LogP) is 5.88. The molecule has 3 aromatic carbocycles. The number of hydrogen-bond donors (Lipinski definition) is 0. The monoisotopic (exact) mass is 488 g/mol. The number of carbonyl (C=O) groups is 3. The van der Waals surface area contributed by atoms with Gasteiger partial charge in [0, 0.05) is 22.1 Å². The molecule has 0 atom stereocenters. The zero-order chi connectivity index (χ0) is 25.2. The molecule has 7 heteroatoms. The molecule has 0 spiro atoms. The van der Waals surface area contributed by atoms with Gasteiger partial charge in [-0.1, -0.05) is 37.4 Å². The Morgan fingerprint density at radius 2 is 1.40 bits per heavy atom. The number of esters is 2. The fourth-order valence-electron chi connectivity index (χ4n) is 2.84. The highest BCUT2D eigenvalue weighted by Gasteiger charge is 2.10. The minimum Gasteiger partial charge on any atom is -0.490 e. The summed E-state index contributed by atoms with van der Waals surface area (Å²) in [7, 11) is 0. The van der Waals surface area contributed by atoms with Gasteiger partial charge in [-0.05, 0) is 78.3 Å². The SMILES string of the molecule is C=CC(=O)OCCOc1ccc(SC(=O)c2ccc(-c3ccc(OC(=O)C(=C)C)cc3)cc2)cc1. The highest BCUT2D eigenvalue weighted by atomic mass is 32.2. The molecule has 0 bridgehead atoms. The maximum atomic E-state index is 12.7. The summed E-state index contributed by atoms with van der Waals surface area (Å²) in [6.07, 6.45) is 1.10. The van der Waals surface area contributed by atoms with E-state index in [-0.39, 0.29) is 18.3 Å². The van der Waals surface area contributed by atoms with E-state index in [0.29, 0.717) is 22.6 Å². The first kappa shape index (κ1) is 25.5. The Hall–Kier alpha value is -4.10. The maximum Gasteiger partial charge on any atom is 0.338 e. The number of hydrogen-bond acceptors (Lipinski definition) is 7. The number of rotatable bonds is 10. The van der Waals surface area contributed by atoms with Gasteiger partial charge in [-0.15, -0.1) is 0 Å². The van der Waals surface area contributed by atoms with Crippen LogP contribution in [0.1, 0.15) is 17.3 Å². The standard InChI is InChI=1S/C28H24O6S/c1-4-26(29)33-18-17-32-23-13-15-25(16-14-23)35-28(31)22-7-5-20(6-8-22)21-9-11-24(12-10-21)34-27(30)19(2)3/h4-16H,1-2,17-18H2,3H3. The second-order valence-corrected chi connectivity index (χ2v) is 8.40. The van der Waals surface area contributed by atoms with Gasteiger partial charge in [0.15, 0.2) is 0 Å². The Labute approximate surface area is 208 Å². The van der Waals surface area contributed by atoms with E-state index in [2.05, 4.69) is 13.2 Å². The van der Waals surface area contributed by atoms with Gasteiger partial charge >= 0.3 is 11.9 Å². The van der Waals surface area contributed by atoms with Gasteiger partial charge in [0.25, 0.3) is 0 Å². The molecule has 0 aromatic heterocycles. The molecule has 3 aromatic rings. The van der Waals surface area contributed by atoms with Crippen LogP contribution in [0.3, 0.4) is 0 Å². The number of thioether (sulfide) groups is 1. The Kier molecular flexibility index (Phi) is 9.03. The summed E-state index contributed by atoms with van der Waals surface area (Å²) < 4.78 is 15.6. The van der Waals surface area contributed by atoms with E-state index in [0.717, 1.165) is 33.9 Å². The molecule has 35 heavy (non-hydrogen) atoms. The van der Waals surface area contributed by atoms with Crippen LogP contribution in [0, 0.1) is 0 Å². The van der Waals surface area contributed by atoms with Gasteiger partial charge in [0.05, 0.1) is 0 Å². The van der Waals surface area contributed by atoms with Crippen LogP contribution in [0.5, 0.6) is 11.5 Å². The molecule has 0 aliphatic heterocycles. The fraction of sp³-hybridized carbons (Fsp3) is 0.107. The lowest BCUT2D eigenvalue weighted by atomic mass is 10.0. The van der Waals surface area contributed by atoms with Crippen LogP contribution in [0.4, 0.5) is 0 Å². The van der Waals surface area contributed by atoms with Crippen molar-refractivity contribution in [3.63, 3.8) is 0 Å². The molecular weight excluding hydrogens is 464 g/mol. The summed E-state index contributed by atoms with van der Waals surface area (Å²) in [6.45, 7) is 8.83. The lowest BCUT2D eigenvalue weighted by Crippen LogP contribution is -2.10. The van der Waals surface area contributed by atoms with E-state index in [4.69, 9.17) is 14.2 Å². The topological polar surface area (TPSA) is 78.9 Å². The summed E-state index contributed by atoms with van der Waals surface area (Å²) in [4.78, 5) is 36.1. The minimum absolute atomic E-state index is 0.0800. The molecule has 0 aliphatic rings. The third-order valence-corrected chi connectivity index (χ3v) is 5.59. The Morgan fingerprint density at radius 3 is 1.97 bits per heavy atom. The van der Waals surface area contributed by atoms with Crippen LogP contribution >= 0.6 is 11.8 Å². The van der Waals surface area contributed by atoms with Gasteiger partial charge in [-0.25, -0.2) is 9.59 Å². The molecule has 0 N–H and O–H groups in total. The van der Waals surface area contributed by atoms with E-state index < -0.39 is 11.9 Å². The molecule has 0 fully saturated rings. The summed E-state index contributed by atoms with van der Waals surface area (Å²) in [6, 6.07) is 21.5. The molecule has 0 radical (unpaired) electrons. The van der Waals surface area contributed by atoms with Crippen LogP contribution in [0.25, 0.3) is 11.1 Å². The van der Waals surface area contributed by atoms with Crippen molar-refractivity contribution in [2.24, 2.45) is 0 Å². The summed E-state index contributed by atoms with van der Waals surface area (Å²) in [5.41, 5.74) is 2.78. The first-order valence-electron chi connectivity index (χ1n) is 10.7. The molecule has 0 heterocycles. The van der Waals surface area contributed by atoms with Gasteiger partial charge in [-0.3, -0.25) is 4.79 Å². The Bertz CT molecular complexity index is 1210. The first-order chi connectivity index (χ1) is 16.9. The quantitative estimate of drug-likeness (QED) is 0.116. The van der Waals surface area contributed by atoms with E-state index >= 15 is 0 Å². The Balaban J connectivity index is 1.53. The van der Waals surface area contributed by atoms with E-state index in [1.807, 2.05) is 24.3 Å². The molecule has 6 nitrogen and oxygen atoms in total. The van der Waals surface area contributed by atoms with Crippen molar-refractivity contribution in [2.75, 3.05) is 13.2 Å². The van der Waals surface area contributed by atoms with Crippen LogP contribution < -0.4 is 9.47 Å². The Morgan fingerprint density at radius 1 is 0.829 bits per heavy atom. The third-order valence-electron chi connectivity index (χ3n) is 4.66. The molecular formula is C28H24O6S. The summed E-state index contributed by atoms with van der Waals surface area (Å²) >= 11 is 1.12. The van der Waals surface area contributed by atoms with Crippen LogP contribution in [-0.2, 0) is 14.3 Å². The van der Waals surface area contributed by atoms with Crippen molar-refractivity contribution < 1.29 is 28.6 Å². The second-order valence-electron chi connectivity index (χ2n) is 7.35. The largest absolute Gasteiger partial charge is 0.490 e.